The van der Waals surface area contributed by atoms with E-state index in [2.05, 4.69) is 19.9 Å². The van der Waals surface area contributed by atoms with Crippen LogP contribution in [0, 0.1) is 6.92 Å². The molecule has 0 bridgehead atoms. The minimum absolute atomic E-state index is 0.0156. The van der Waals surface area contributed by atoms with Crippen LogP contribution in [0.15, 0.2) is 45.7 Å². The van der Waals surface area contributed by atoms with Crippen molar-refractivity contribution in [2.45, 2.75) is 41.0 Å². The number of aryl methyl sites for hydroxylation is 1. The second kappa shape index (κ2) is 10.3. The largest absolute Gasteiger partial charge is 0.573 e. The Kier molecular flexibility index (Phi) is 8.43. The van der Waals surface area contributed by atoms with E-state index < -0.39 is 6.36 Å². The summed E-state index contributed by atoms with van der Waals surface area (Å²) in [4.78, 5) is 18.6. The van der Waals surface area contributed by atoms with Gasteiger partial charge in [0.2, 0.25) is 5.82 Å². The number of hydrogen-bond acceptors (Lipinski definition) is 5. The number of nitrogens with one attached hydrogen (secondary N) is 1. The lowest BCUT2D eigenvalue weighted by Crippen LogP contribution is -2.16. The van der Waals surface area contributed by atoms with Gasteiger partial charge in [-0.15, -0.1) is 13.2 Å². The van der Waals surface area contributed by atoms with E-state index in [1.165, 1.54) is 12.1 Å². The van der Waals surface area contributed by atoms with Gasteiger partial charge in [0.05, 0.1) is 0 Å². The van der Waals surface area contributed by atoms with Gasteiger partial charge < -0.3 is 14.2 Å². The summed E-state index contributed by atoms with van der Waals surface area (Å²) in [5.41, 5.74) is 0.933. The topological polar surface area (TPSA) is 81.0 Å². The number of rotatable bonds is 3. The number of ether oxygens (including phenoxy) is 1. The van der Waals surface area contributed by atoms with Gasteiger partial charge in [-0.25, -0.2) is 0 Å². The van der Waals surface area contributed by atoms with Crippen LogP contribution >= 0.6 is 0 Å². The van der Waals surface area contributed by atoms with Crippen LogP contribution < -0.4 is 10.3 Å². The normalized spacial score (nSPS) is 10.3. The number of alkyl halides is 3. The molecule has 9 heteroatoms. The average molecular weight is 397 g/mol. The van der Waals surface area contributed by atoms with Crippen LogP contribution in [0.5, 0.6) is 5.75 Å². The van der Waals surface area contributed by atoms with Crippen molar-refractivity contribution < 1.29 is 22.4 Å². The first-order valence-electron chi connectivity index (χ1n) is 8.72. The Hall–Kier alpha value is -3.10. The van der Waals surface area contributed by atoms with Gasteiger partial charge in [0, 0.05) is 11.3 Å². The summed E-state index contributed by atoms with van der Waals surface area (Å²) in [7, 11) is 0. The summed E-state index contributed by atoms with van der Waals surface area (Å²) in [6.07, 6.45) is -4.76. The number of halogens is 3. The quantitative estimate of drug-likeness (QED) is 0.644. The lowest BCUT2D eigenvalue weighted by atomic mass is 10.2. The van der Waals surface area contributed by atoms with Crippen molar-refractivity contribution in [2.24, 2.45) is 0 Å². The molecule has 0 spiro atoms. The van der Waals surface area contributed by atoms with E-state index in [1.807, 2.05) is 27.7 Å². The zero-order chi connectivity index (χ0) is 21.3. The van der Waals surface area contributed by atoms with Crippen LogP contribution in [0.3, 0.4) is 0 Å². The van der Waals surface area contributed by atoms with Crippen LogP contribution in [0.1, 0.15) is 33.4 Å². The molecule has 28 heavy (non-hydrogen) atoms. The second-order valence-corrected chi connectivity index (χ2v) is 4.88. The summed E-state index contributed by atoms with van der Waals surface area (Å²) < 4.78 is 45.2. The van der Waals surface area contributed by atoms with Gasteiger partial charge in [0.25, 0.3) is 11.4 Å². The van der Waals surface area contributed by atoms with Crippen molar-refractivity contribution in [1.29, 1.82) is 0 Å². The van der Waals surface area contributed by atoms with Gasteiger partial charge >= 0.3 is 6.36 Å². The summed E-state index contributed by atoms with van der Waals surface area (Å²) >= 11 is 0. The van der Waals surface area contributed by atoms with E-state index in [9.17, 15) is 18.0 Å². The van der Waals surface area contributed by atoms with Gasteiger partial charge in [-0.3, -0.25) is 4.79 Å². The first-order valence-corrected chi connectivity index (χ1v) is 8.72. The van der Waals surface area contributed by atoms with Crippen LogP contribution in [-0.2, 0) is 0 Å². The van der Waals surface area contributed by atoms with Crippen molar-refractivity contribution >= 4 is 0 Å². The van der Waals surface area contributed by atoms with E-state index in [1.54, 1.807) is 19.1 Å². The molecule has 6 nitrogen and oxygen atoms in total. The van der Waals surface area contributed by atoms with Crippen molar-refractivity contribution in [3.8, 4) is 28.6 Å². The molecule has 0 saturated carbocycles. The Balaban J connectivity index is 0.000000921. The molecule has 1 N–H and O–H groups in total. The SMILES string of the molecule is CC.CC.Cc1ccc(-c2nc(-c3ccc(OC(F)(F)F)cc3)no2)c(=O)[nH]1. The lowest BCUT2D eigenvalue weighted by Gasteiger charge is -2.08. The van der Waals surface area contributed by atoms with Crippen molar-refractivity contribution in [1.82, 2.24) is 15.1 Å². The van der Waals surface area contributed by atoms with Crippen molar-refractivity contribution in [3.63, 3.8) is 0 Å². The molecule has 0 aliphatic heterocycles. The van der Waals surface area contributed by atoms with Gasteiger partial charge in [-0.05, 0) is 43.3 Å². The van der Waals surface area contributed by atoms with Crippen LogP contribution in [-0.4, -0.2) is 21.5 Å². The molecule has 3 rings (SSSR count). The standard InChI is InChI=1S/C15H10F3N3O3.2C2H6/c1-8-2-7-11(13(22)19-8)14-20-12(21-24-14)9-3-5-10(6-4-9)23-15(16,17)18;2*1-2/h2-7H,1H3,(H,19,22);2*1-2H3. The molecule has 2 aromatic heterocycles. The molecular formula is C19H22F3N3O3. The molecule has 0 atom stereocenters. The molecule has 2 heterocycles. The maximum absolute atomic E-state index is 12.1. The fourth-order valence-electron chi connectivity index (χ4n) is 2.00. The maximum Gasteiger partial charge on any atom is 0.573 e. The minimum atomic E-state index is -4.76. The number of benzene rings is 1. The summed E-state index contributed by atoms with van der Waals surface area (Å²) in [5.74, 6) is -0.199. The summed E-state index contributed by atoms with van der Waals surface area (Å²) in [5, 5.41) is 3.73. The van der Waals surface area contributed by atoms with Crippen LogP contribution in [0.25, 0.3) is 22.8 Å². The van der Waals surface area contributed by atoms with Crippen LogP contribution in [0.2, 0.25) is 0 Å². The Morgan fingerprint density at radius 1 is 1.00 bits per heavy atom. The Bertz CT molecular complexity index is 916. The molecule has 0 unspecified atom stereocenters. The second-order valence-electron chi connectivity index (χ2n) is 4.88. The molecule has 0 aliphatic carbocycles. The van der Waals surface area contributed by atoms with Gasteiger partial charge in [-0.1, -0.05) is 32.9 Å². The van der Waals surface area contributed by atoms with E-state index in [0.717, 1.165) is 12.1 Å². The zero-order valence-corrected chi connectivity index (χ0v) is 16.2. The van der Waals surface area contributed by atoms with E-state index in [4.69, 9.17) is 4.52 Å². The smallest absolute Gasteiger partial charge is 0.406 e. The molecule has 152 valence electrons. The highest BCUT2D eigenvalue weighted by Gasteiger charge is 2.31. The fraction of sp³-hybridized carbons (Fsp3) is 0.316. The highest BCUT2D eigenvalue weighted by molar-refractivity contribution is 5.59. The molecule has 0 radical (unpaired) electrons. The van der Waals surface area contributed by atoms with Crippen LogP contribution in [0.4, 0.5) is 13.2 Å². The first-order chi connectivity index (χ1) is 13.3. The Morgan fingerprint density at radius 3 is 2.14 bits per heavy atom. The number of aromatic nitrogens is 3. The average Bonchev–Trinajstić information content (AvgIpc) is 3.14. The van der Waals surface area contributed by atoms with Gasteiger partial charge in [0.1, 0.15) is 11.3 Å². The molecular weight excluding hydrogens is 375 g/mol. The lowest BCUT2D eigenvalue weighted by molar-refractivity contribution is -0.274. The predicted octanol–water partition coefficient (Wildman–Crippen LogP) is 5.35. The van der Waals surface area contributed by atoms with E-state index in [0.29, 0.717) is 11.3 Å². The number of H-pyrrole nitrogens is 1. The minimum Gasteiger partial charge on any atom is -0.406 e. The third kappa shape index (κ3) is 6.26. The third-order valence-electron chi connectivity index (χ3n) is 3.06. The molecule has 0 amide bonds. The highest BCUT2D eigenvalue weighted by atomic mass is 19.4. The van der Waals surface area contributed by atoms with E-state index >= 15 is 0 Å². The number of hydrogen-bond donors (Lipinski definition) is 1. The van der Waals surface area contributed by atoms with Crippen molar-refractivity contribution in [2.75, 3.05) is 0 Å². The Morgan fingerprint density at radius 2 is 1.61 bits per heavy atom. The molecule has 1 aromatic carbocycles. The number of nitrogens with zero attached hydrogens (tertiary/aromatic N) is 2. The fourth-order valence-corrected chi connectivity index (χ4v) is 2.00. The Labute approximate surface area is 160 Å². The number of pyridine rings is 1. The maximum atomic E-state index is 12.1. The predicted molar refractivity (Wildman–Crippen MR) is 99.9 cm³/mol. The summed E-state index contributed by atoms with van der Waals surface area (Å²) in [6, 6.07) is 8.22. The third-order valence-corrected chi connectivity index (χ3v) is 3.06. The van der Waals surface area contributed by atoms with Gasteiger partial charge in [-0.2, -0.15) is 4.98 Å². The highest BCUT2D eigenvalue weighted by Crippen LogP contribution is 2.26. The molecule has 0 saturated heterocycles. The summed E-state index contributed by atoms with van der Waals surface area (Å²) in [6.45, 7) is 9.73. The molecule has 0 aliphatic rings. The number of aromatic amines is 1. The first kappa shape index (κ1) is 22.9. The zero-order valence-electron chi connectivity index (χ0n) is 16.2. The monoisotopic (exact) mass is 397 g/mol. The van der Waals surface area contributed by atoms with Gasteiger partial charge in [0.15, 0.2) is 0 Å². The molecule has 0 fully saturated rings. The molecule has 3 aromatic rings. The van der Waals surface area contributed by atoms with Crippen molar-refractivity contribution in [3.05, 3.63) is 52.4 Å². The van der Waals surface area contributed by atoms with E-state index in [-0.39, 0.29) is 28.6 Å².